The van der Waals surface area contributed by atoms with Gasteiger partial charge in [-0.3, -0.25) is 0 Å². The van der Waals surface area contributed by atoms with Crippen LogP contribution in [-0.4, -0.2) is 31.5 Å². The molecule has 1 saturated heterocycles. The van der Waals surface area contributed by atoms with E-state index in [0.717, 1.165) is 32.2 Å². The Morgan fingerprint density at radius 1 is 1.00 bits per heavy atom. The SMILES string of the molecule is C=COCCCCCC(CCCCCC)(OCC1CO1)C1CCCCC1. The predicted molar refractivity (Wildman–Crippen MR) is 108 cm³/mol. The van der Waals surface area contributed by atoms with Crippen molar-refractivity contribution in [1.82, 2.24) is 0 Å². The zero-order valence-corrected chi connectivity index (χ0v) is 17.2. The quantitative estimate of drug-likeness (QED) is 0.180. The van der Waals surface area contributed by atoms with Crippen LogP contribution in [0.3, 0.4) is 0 Å². The number of hydrogen-bond donors (Lipinski definition) is 0. The van der Waals surface area contributed by atoms with Gasteiger partial charge in [0, 0.05) is 0 Å². The highest BCUT2D eigenvalue weighted by Crippen LogP contribution is 2.42. The van der Waals surface area contributed by atoms with Crippen molar-refractivity contribution in [2.24, 2.45) is 5.92 Å². The van der Waals surface area contributed by atoms with Gasteiger partial charge in [0.15, 0.2) is 0 Å². The molecule has 2 unspecified atom stereocenters. The summed E-state index contributed by atoms with van der Waals surface area (Å²) in [6.07, 6.45) is 20.2. The molecule has 0 aromatic carbocycles. The first-order valence-corrected chi connectivity index (χ1v) is 11.3. The summed E-state index contributed by atoms with van der Waals surface area (Å²) < 4.78 is 17.5. The molecule has 0 N–H and O–H groups in total. The monoisotopic (exact) mass is 366 g/mol. The normalized spacial score (nSPS) is 22.7. The van der Waals surface area contributed by atoms with Gasteiger partial charge in [-0.1, -0.05) is 64.9 Å². The van der Waals surface area contributed by atoms with Gasteiger partial charge in [-0.05, 0) is 44.4 Å². The van der Waals surface area contributed by atoms with Gasteiger partial charge in [-0.2, -0.15) is 0 Å². The van der Waals surface area contributed by atoms with Crippen LogP contribution in [-0.2, 0) is 14.2 Å². The second kappa shape index (κ2) is 12.8. The molecule has 3 nitrogen and oxygen atoms in total. The van der Waals surface area contributed by atoms with Gasteiger partial charge >= 0.3 is 0 Å². The molecule has 0 aromatic rings. The Balaban J connectivity index is 1.91. The lowest BCUT2D eigenvalue weighted by molar-refractivity contribution is -0.114. The van der Waals surface area contributed by atoms with Crippen molar-refractivity contribution in [2.75, 3.05) is 19.8 Å². The zero-order chi connectivity index (χ0) is 18.5. The van der Waals surface area contributed by atoms with E-state index in [-0.39, 0.29) is 5.60 Å². The van der Waals surface area contributed by atoms with E-state index < -0.39 is 0 Å². The van der Waals surface area contributed by atoms with E-state index in [9.17, 15) is 0 Å². The maximum absolute atomic E-state index is 6.73. The summed E-state index contributed by atoms with van der Waals surface area (Å²) in [6.45, 7) is 8.42. The Morgan fingerprint density at radius 2 is 1.69 bits per heavy atom. The molecule has 0 aromatic heterocycles. The van der Waals surface area contributed by atoms with Crippen LogP contribution in [0, 0.1) is 5.92 Å². The summed E-state index contributed by atoms with van der Waals surface area (Å²) in [4.78, 5) is 0. The number of unbranched alkanes of at least 4 members (excludes halogenated alkanes) is 5. The molecule has 1 heterocycles. The maximum atomic E-state index is 6.73. The molecule has 26 heavy (non-hydrogen) atoms. The third-order valence-corrected chi connectivity index (χ3v) is 6.24. The molecule has 2 rings (SSSR count). The molecule has 0 spiro atoms. The molecule has 152 valence electrons. The van der Waals surface area contributed by atoms with Crippen LogP contribution in [0.4, 0.5) is 0 Å². The van der Waals surface area contributed by atoms with E-state index >= 15 is 0 Å². The molecule has 0 amide bonds. The smallest absolute Gasteiger partial charge is 0.104 e. The van der Waals surface area contributed by atoms with Gasteiger partial charge in [-0.25, -0.2) is 0 Å². The highest BCUT2D eigenvalue weighted by Gasteiger charge is 2.40. The Kier molecular flexibility index (Phi) is 10.7. The van der Waals surface area contributed by atoms with E-state index in [4.69, 9.17) is 14.2 Å². The second-order valence-corrected chi connectivity index (χ2v) is 8.32. The molecule has 2 atom stereocenters. The van der Waals surface area contributed by atoms with E-state index in [1.165, 1.54) is 83.5 Å². The lowest BCUT2D eigenvalue weighted by atomic mass is 9.71. The van der Waals surface area contributed by atoms with E-state index in [1.807, 2.05) is 0 Å². The lowest BCUT2D eigenvalue weighted by Gasteiger charge is -2.43. The summed E-state index contributed by atoms with van der Waals surface area (Å²) in [5, 5.41) is 0. The highest BCUT2D eigenvalue weighted by molar-refractivity contribution is 4.91. The van der Waals surface area contributed by atoms with Crippen LogP contribution >= 0.6 is 0 Å². The average molecular weight is 367 g/mol. The van der Waals surface area contributed by atoms with Crippen LogP contribution in [0.5, 0.6) is 0 Å². The fourth-order valence-electron chi connectivity index (χ4n) is 4.57. The first kappa shape index (κ1) is 21.8. The zero-order valence-electron chi connectivity index (χ0n) is 17.2. The number of epoxide rings is 1. The number of rotatable bonds is 16. The second-order valence-electron chi connectivity index (χ2n) is 8.32. The largest absolute Gasteiger partial charge is 0.502 e. The van der Waals surface area contributed by atoms with Crippen molar-refractivity contribution in [3.8, 4) is 0 Å². The Morgan fingerprint density at radius 3 is 2.31 bits per heavy atom. The first-order valence-electron chi connectivity index (χ1n) is 11.3. The molecule has 1 aliphatic carbocycles. The molecular formula is C23H42O3. The van der Waals surface area contributed by atoms with Gasteiger partial charge in [0.1, 0.15) is 6.10 Å². The van der Waals surface area contributed by atoms with Crippen LogP contribution in [0.25, 0.3) is 0 Å². The fraction of sp³-hybridized carbons (Fsp3) is 0.913. The van der Waals surface area contributed by atoms with Crippen molar-refractivity contribution in [3.63, 3.8) is 0 Å². The van der Waals surface area contributed by atoms with Crippen molar-refractivity contribution in [2.45, 2.75) is 109 Å². The van der Waals surface area contributed by atoms with Crippen LogP contribution in [0.1, 0.15) is 96.8 Å². The summed E-state index contributed by atoms with van der Waals surface area (Å²) >= 11 is 0. The highest BCUT2D eigenvalue weighted by atomic mass is 16.6. The molecule has 2 fully saturated rings. The standard InChI is InChI=1S/C23H42O3/c1-3-5-6-11-16-23(26-20-22-19-25-22,21-14-9-7-10-15-21)17-12-8-13-18-24-4-2/h4,21-22H,2-3,5-20H2,1H3. The molecular weight excluding hydrogens is 324 g/mol. The topological polar surface area (TPSA) is 31.0 Å². The van der Waals surface area contributed by atoms with E-state index in [0.29, 0.717) is 6.10 Å². The molecule has 1 aliphatic heterocycles. The van der Waals surface area contributed by atoms with Crippen molar-refractivity contribution in [1.29, 1.82) is 0 Å². The van der Waals surface area contributed by atoms with Gasteiger partial charge in [-0.15, -0.1) is 0 Å². The van der Waals surface area contributed by atoms with E-state index in [1.54, 1.807) is 6.26 Å². The third kappa shape index (κ3) is 8.00. The predicted octanol–water partition coefficient (Wildman–Crippen LogP) is 6.41. The Hall–Kier alpha value is -0.540. The van der Waals surface area contributed by atoms with Crippen LogP contribution < -0.4 is 0 Å². The lowest BCUT2D eigenvalue weighted by Crippen LogP contribution is -2.43. The van der Waals surface area contributed by atoms with Crippen molar-refractivity contribution in [3.05, 3.63) is 12.8 Å². The summed E-state index contributed by atoms with van der Waals surface area (Å²) in [5.74, 6) is 0.751. The number of hydrogen-bond acceptors (Lipinski definition) is 3. The van der Waals surface area contributed by atoms with Crippen LogP contribution in [0.2, 0.25) is 0 Å². The summed E-state index contributed by atoms with van der Waals surface area (Å²) in [5.41, 5.74) is 0.0966. The third-order valence-electron chi connectivity index (χ3n) is 6.24. The summed E-state index contributed by atoms with van der Waals surface area (Å²) in [6, 6.07) is 0. The molecule has 0 bridgehead atoms. The molecule has 1 saturated carbocycles. The van der Waals surface area contributed by atoms with Crippen LogP contribution in [0.15, 0.2) is 12.8 Å². The van der Waals surface area contributed by atoms with Gasteiger partial charge in [0.25, 0.3) is 0 Å². The van der Waals surface area contributed by atoms with E-state index in [2.05, 4.69) is 13.5 Å². The van der Waals surface area contributed by atoms with Crippen molar-refractivity contribution < 1.29 is 14.2 Å². The first-order chi connectivity index (χ1) is 12.8. The minimum atomic E-state index is 0.0966. The minimum Gasteiger partial charge on any atom is -0.502 e. The van der Waals surface area contributed by atoms with Crippen molar-refractivity contribution >= 4 is 0 Å². The fourth-order valence-corrected chi connectivity index (χ4v) is 4.57. The van der Waals surface area contributed by atoms with Gasteiger partial charge in [0.05, 0.1) is 31.7 Å². The number of ether oxygens (including phenoxy) is 3. The van der Waals surface area contributed by atoms with Gasteiger partial charge < -0.3 is 14.2 Å². The molecule has 0 radical (unpaired) electrons. The molecule has 2 aliphatic rings. The average Bonchev–Trinajstić information content (AvgIpc) is 3.51. The Labute approximate surface area is 161 Å². The molecule has 3 heteroatoms. The van der Waals surface area contributed by atoms with Gasteiger partial charge in [0.2, 0.25) is 0 Å². The summed E-state index contributed by atoms with van der Waals surface area (Å²) in [7, 11) is 0. The maximum Gasteiger partial charge on any atom is 0.104 e. The minimum absolute atomic E-state index is 0.0966. The Bertz CT molecular complexity index is 360.